The first-order chi connectivity index (χ1) is 7.47. The topological polar surface area (TPSA) is 84.5 Å². The molecule has 2 unspecified atom stereocenters. The second-order valence-corrected chi connectivity index (χ2v) is 3.21. The van der Waals surface area contributed by atoms with Crippen molar-refractivity contribution in [2.75, 3.05) is 0 Å². The van der Waals surface area contributed by atoms with Crippen molar-refractivity contribution in [2.45, 2.75) is 18.6 Å². The summed E-state index contributed by atoms with van der Waals surface area (Å²) < 4.78 is 25.8. The van der Waals surface area contributed by atoms with Crippen LogP contribution in [0.1, 0.15) is 18.1 Å². The largest absolute Gasteiger partial charge is 0.503 e. The van der Waals surface area contributed by atoms with E-state index in [2.05, 4.69) is 0 Å². The molecule has 0 amide bonds. The zero-order valence-corrected chi connectivity index (χ0v) is 8.06. The number of aliphatic hydroxyl groups is 2. The third-order valence-corrected chi connectivity index (χ3v) is 2.05. The number of phenols is 1. The summed E-state index contributed by atoms with van der Waals surface area (Å²) in [6.07, 6.45) is -3.39. The van der Waals surface area contributed by atoms with Crippen LogP contribution in [0.3, 0.4) is 0 Å². The summed E-state index contributed by atoms with van der Waals surface area (Å²) in [6.45, 7) is 0. The number of rotatable bonds is 3. The lowest BCUT2D eigenvalue weighted by molar-refractivity contribution is 0.0212. The molecule has 1 rings (SSSR count). The number of phenolic OH excluding ortho intramolecular Hbond substituents is 1. The first-order valence-corrected chi connectivity index (χ1v) is 4.38. The third-order valence-electron chi connectivity index (χ3n) is 2.05. The summed E-state index contributed by atoms with van der Waals surface area (Å²) in [6, 6.07) is 3.01. The Balaban J connectivity index is 3.01. The maximum absolute atomic E-state index is 12.9. The summed E-state index contributed by atoms with van der Waals surface area (Å²) in [4.78, 5) is 0. The minimum Gasteiger partial charge on any atom is -0.503 e. The summed E-state index contributed by atoms with van der Waals surface area (Å²) in [5.74, 6) is -3.62. The van der Waals surface area contributed by atoms with E-state index in [9.17, 15) is 19.0 Å². The summed E-state index contributed by atoms with van der Waals surface area (Å²) in [5, 5.41) is 35.8. The van der Waals surface area contributed by atoms with Crippen molar-refractivity contribution >= 4 is 0 Å². The molecule has 1 aromatic rings. The van der Waals surface area contributed by atoms with Crippen LogP contribution in [0.5, 0.6) is 5.75 Å². The fourth-order valence-corrected chi connectivity index (χ4v) is 1.18. The average Bonchev–Trinajstić information content (AvgIpc) is 2.24. The lowest BCUT2D eigenvalue weighted by Crippen LogP contribution is -2.17. The Labute approximate surface area is 90.0 Å². The van der Waals surface area contributed by atoms with Gasteiger partial charge in [0.05, 0.1) is 18.6 Å². The number of nitriles is 1. The first kappa shape index (κ1) is 12.4. The Kier molecular flexibility index (Phi) is 3.77. The normalized spacial score (nSPS) is 14.2. The van der Waals surface area contributed by atoms with Crippen LogP contribution in [0.4, 0.5) is 8.78 Å². The molecule has 0 aliphatic heterocycles. The van der Waals surface area contributed by atoms with Gasteiger partial charge in [-0.25, -0.2) is 8.78 Å². The Hall–Kier alpha value is -1.71. The van der Waals surface area contributed by atoms with E-state index in [1.54, 1.807) is 6.07 Å². The van der Waals surface area contributed by atoms with Crippen molar-refractivity contribution < 1.29 is 24.1 Å². The molecular weight excluding hydrogens is 220 g/mol. The fourth-order valence-electron chi connectivity index (χ4n) is 1.18. The Morgan fingerprint density at radius 2 is 1.75 bits per heavy atom. The van der Waals surface area contributed by atoms with E-state index in [0.29, 0.717) is 12.1 Å². The van der Waals surface area contributed by atoms with Crippen LogP contribution < -0.4 is 0 Å². The van der Waals surface area contributed by atoms with E-state index in [0.717, 1.165) is 0 Å². The van der Waals surface area contributed by atoms with E-state index in [1.165, 1.54) is 0 Å². The van der Waals surface area contributed by atoms with E-state index in [-0.39, 0.29) is 12.0 Å². The van der Waals surface area contributed by atoms with Crippen LogP contribution in [0.25, 0.3) is 0 Å². The highest BCUT2D eigenvalue weighted by Gasteiger charge is 2.21. The molecule has 86 valence electrons. The molecule has 4 nitrogen and oxygen atoms in total. The van der Waals surface area contributed by atoms with E-state index in [4.69, 9.17) is 10.4 Å². The first-order valence-electron chi connectivity index (χ1n) is 4.38. The summed E-state index contributed by atoms with van der Waals surface area (Å²) in [5.41, 5.74) is -0.240. The quantitative estimate of drug-likeness (QED) is 0.721. The average molecular weight is 229 g/mol. The number of aliphatic hydroxyl groups excluding tert-OH is 2. The minimum atomic E-state index is -1.58. The van der Waals surface area contributed by atoms with Gasteiger partial charge in [0.2, 0.25) is 0 Å². The molecule has 0 heterocycles. The molecule has 1 aromatic carbocycles. The number of hydrogen-bond acceptors (Lipinski definition) is 4. The Bertz CT molecular complexity index is 408. The zero-order valence-electron chi connectivity index (χ0n) is 8.06. The van der Waals surface area contributed by atoms with Gasteiger partial charge in [-0.1, -0.05) is 0 Å². The zero-order chi connectivity index (χ0) is 12.3. The van der Waals surface area contributed by atoms with Gasteiger partial charge in [-0.3, -0.25) is 0 Å². The molecule has 6 heteroatoms. The molecule has 0 saturated heterocycles. The Morgan fingerprint density at radius 3 is 2.19 bits per heavy atom. The molecule has 0 aromatic heterocycles. The van der Waals surface area contributed by atoms with E-state index in [1.807, 2.05) is 0 Å². The van der Waals surface area contributed by atoms with Crippen LogP contribution in [0.15, 0.2) is 12.1 Å². The molecule has 16 heavy (non-hydrogen) atoms. The summed E-state index contributed by atoms with van der Waals surface area (Å²) in [7, 11) is 0. The molecule has 0 aliphatic rings. The second-order valence-electron chi connectivity index (χ2n) is 3.21. The highest BCUT2D eigenvalue weighted by atomic mass is 19.1. The molecule has 0 saturated carbocycles. The molecule has 0 fully saturated rings. The molecule has 0 bridgehead atoms. The number of hydrogen-bond donors (Lipinski definition) is 3. The maximum Gasteiger partial charge on any atom is 0.187 e. The van der Waals surface area contributed by atoms with Crippen molar-refractivity contribution in [3.63, 3.8) is 0 Å². The van der Waals surface area contributed by atoms with Gasteiger partial charge in [0.25, 0.3) is 0 Å². The van der Waals surface area contributed by atoms with E-state index < -0.39 is 29.6 Å². The van der Waals surface area contributed by atoms with Crippen LogP contribution in [0, 0.1) is 23.0 Å². The maximum atomic E-state index is 12.9. The van der Waals surface area contributed by atoms with Gasteiger partial charge in [0.15, 0.2) is 17.4 Å². The lowest BCUT2D eigenvalue weighted by atomic mass is 10.0. The van der Waals surface area contributed by atoms with Gasteiger partial charge in [-0.05, 0) is 17.7 Å². The molecule has 0 aliphatic carbocycles. The van der Waals surface area contributed by atoms with Crippen molar-refractivity contribution in [3.8, 4) is 11.8 Å². The molecule has 0 radical (unpaired) electrons. The highest BCUT2D eigenvalue weighted by molar-refractivity contribution is 5.31. The Morgan fingerprint density at radius 1 is 1.25 bits per heavy atom. The highest BCUT2D eigenvalue weighted by Crippen LogP contribution is 2.26. The van der Waals surface area contributed by atoms with Gasteiger partial charge < -0.3 is 15.3 Å². The van der Waals surface area contributed by atoms with Gasteiger partial charge in [0, 0.05) is 0 Å². The third kappa shape index (κ3) is 2.45. The van der Waals surface area contributed by atoms with Crippen molar-refractivity contribution in [2.24, 2.45) is 0 Å². The number of benzene rings is 1. The lowest BCUT2D eigenvalue weighted by Gasteiger charge is -2.15. The minimum absolute atomic E-state index is 0.240. The number of aromatic hydroxyl groups is 1. The summed E-state index contributed by atoms with van der Waals surface area (Å²) >= 11 is 0. The van der Waals surface area contributed by atoms with Crippen molar-refractivity contribution in [1.29, 1.82) is 5.26 Å². The van der Waals surface area contributed by atoms with Crippen LogP contribution in [0.2, 0.25) is 0 Å². The predicted octanol–water partition coefficient (Wildman–Crippen LogP) is 0.978. The molecular formula is C10H9F2NO3. The standard InChI is InChI=1S/C10H9F2NO3/c11-6-3-5(4-7(12)10(6)16)9(15)8(14)1-2-13/h3-4,8-9,14-16H,1H2. The number of nitrogens with zero attached hydrogens (tertiary/aromatic N) is 1. The van der Waals surface area contributed by atoms with Crippen LogP contribution in [-0.4, -0.2) is 21.4 Å². The fraction of sp³-hybridized carbons (Fsp3) is 0.300. The molecule has 0 spiro atoms. The van der Waals surface area contributed by atoms with Gasteiger partial charge in [0.1, 0.15) is 6.10 Å². The SMILES string of the molecule is N#CCC(O)C(O)c1cc(F)c(O)c(F)c1. The van der Waals surface area contributed by atoms with Gasteiger partial charge >= 0.3 is 0 Å². The smallest absolute Gasteiger partial charge is 0.187 e. The molecule has 3 N–H and O–H groups in total. The monoisotopic (exact) mass is 229 g/mol. The van der Waals surface area contributed by atoms with Crippen LogP contribution >= 0.6 is 0 Å². The van der Waals surface area contributed by atoms with Gasteiger partial charge in [-0.2, -0.15) is 5.26 Å². The number of halogens is 2. The van der Waals surface area contributed by atoms with Crippen molar-refractivity contribution in [1.82, 2.24) is 0 Å². The molecule has 2 atom stereocenters. The van der Waals surface area contributed by atoms with Crippen LogP contribution in [-0.2, 0) is 0 Å². The van der Waals surface area contributed by atoms with Crippen molar-refractivity contribution in [3.05, 3.63) is 29.3 Å². The predicted molar refractivity (Wildman–Crippen MR) is 49.2 cm³/mol. The van der Waals surface area contributed by atoms with E-state index >= 15 is 0 Å². The van der Waals surface area contributed by atoms with Gasteiger partial charge in [-0.15, -0.1) is 0 Å². The second kappa shape index (κ2) is 4.88.